The summed E-state index contributed by atoms with van der Waals surface area (Å²) in [6, 6.07) is 53.3. The lowest BCUT2D eigenvalue weighted by Crippen LogP contribution is -2.33. The third-order valence-corrected chi connectivity index (χ3v) is 11.6. The maximum absolute atomic E-state index is 5.12. The third kappa shape index (κ3) is 4.52. The summed E-state index contributed by atoms with van der Waals surface area (Å²) < 4.78 is 0. The molecule has 0 fully saturated rings. The first-order chi connectivity index (χ1) is 24.8. The van der Waals surface area contributed by atoms with E-state index in [0.29, 0.717) is 0 Å². The molecule has 4 aliphatic rings. The minimum atomic E-state index is -0.382. The largest absolute Gasteiger partial charge is 0.344 e. The molecule has 0 radical (unpaired) electrons. The minimum absolute atomic E-state index is 0.242. The van der Waals surface area contributed by atoms with E-state index >= 15 is 0 Å². The van der Waals surface area contributed by atoms with Crippen molar-refractivity contribution in [3.63, 3.8) is 0 Å². The van der Waals surface area contributed by atoms with Crippen LogP contribution >= 0.6 is 11.8 Å². The number of nitrogens with one attached hydrogen (secondary N) is 1. The summed E-state index contributed by atoms with van der Waals surface area (Å²) >= 11 is 1.88. The number of benzene rings is 6. The van der Waals surface area contributed by atoms with Crippen LogP contribution in [0, 0.1) is 0 Å². The van der Waals surface area contributed by atoms with Gasteiger partial charge in [0.1, 0.15) is 12.0 Å². The molecule has 0 saturated heterocycles. The van der Waals surface area contributed by atoms with E-state index in [0.717, 1.165) is 41.2 Å². The van der Waals surface area contributed by atoms with Crippen LogP contribution in [-0.4, -0.2) is 11.7 Å². The minimum Gasteiger partial charge on any atom is -0.344 e. The van der Waals surface area contributed by atoms with Crippen molar-refractivity contribution >= 4 is 23.4 Å². The van der Waals surface area contributed by atoms with Crippen molar-refractivity contribution in [2.75, 3.05) is 0 Å². The molecule has 1 N–H and O–H groups in total. The van der Waals surface area contributed by atoms with Gasteiger partial charge in [-0.15, -0.1) is 0 Å². The maximum atomic E-state index is 5.12. The second kappa shape index (κ2) is 11.7. The molecule has 1 spiro atoms. The normalized spacial score (nSPS) is 17.8. The first-order valence-electron chi connectivity index (χ1n) is 17.3. The van der Waals surface area contributed by atoms with Gasteiger partial charge in [-0.05, 0) is 81.1 Å². The fraction of sp³-hybridized carbons (Fsp3) is 0.0870. The van der Waals surface area contributed by atoms with E-state index in [1.165, 1.54) is 54.3 Å². The van der Waals surface area contributed by atoms with Gasteiger partial charge in [0, 0.05) is 20.9 Å². The molecule has 1 atom stereocenters. The van der Waals surface area contributed by atoms with Crippen molar-refractivity contribution in [2.45, 2.75) is 34.2 Å². The van der Waals surface area contributed by atoms with Gasteiger partial charge >= 0.3 is 0 Å². The highest BCUT2D eigenvalue weighted by Crippen LogP contribution is 2.62. The summed E-state index contributed by atoms with van der Waals surface area (Å²) in [5, 5.41) is 3.63. The number of nitrogens with zero attached hydrogens (tertiary/aromatic N) is 2. The van der Waals surface area contributed by atoms with E-state index in [1.807, 2.05) is 17.8 Å². The molecular weight excluding hydrogens is 627 g/mol. The molecule has 3 nitrogen and oxygen atoms in total. The lowest BCUT2D eigenvalue weighted by atomic mass is 9.67. The van der Waals surface area contributed by atoms with Crippen LogP contribution in [0.2, 0.25) is 0 Å². The summed E-state index contributed by atoms with van der Waals surface area (Å²) in [6.45, 7) is 0. The van der Waals surface area contributed by atoms with Crippen molar-refractivity contribution < 1.29 is 0 Å². The molecule has 0 saturated carbocycles. The van der Waals surface area contributed by atoms with Crippen molar-refractivity contribution in [3.8, 4) is 22.3 Å². The standard InChI is InChI=1S/C46H33N3S/c1-3-13-31(14-4-1)43-47-44(32-15-5-2-6-16-32)49-45(48-43)33-25-23-30(24-26-33)34-27-28-36-35-17-7-8-18-37(35)46(40(36)29-34)38-19-9-11-21-41(38)50-42-22-12-10-20-39(42)46/h1,3-5,7-29,45H,2,6H2,(H,47,48,49). The fourth-order valence-corrected chi connectivity index (χ4v) is 9.36. The van der Waals surface area contributed by atoms with Crippen LogP contribution in [0.5, 0.6) is 0 Å². The highest BCUT2D eigenvalue weighted by atomic mass is 32.2. The second-order valence-corrected chi connectivity index (χ2v) is 14.3. The van der Waals surface area contributed by atoms with E-state index in [9.17, 15) is 0 Å². The topological polar surface area (TPSA) is 36.8 Å². The van der Waals surface area contributed by atoms with Crippen LogP contribution in [0.4, 0.5) is 0 Å². The Morgan fingerprint density at radius 3 is 1.98 bits per heavy atom. The summed E-state index contributed by atoms with van der Waals surface area (Å²) in [5.74, 6) is 1.63. The van der Waals surface area contributed by atoms with Gasteiger partial charge in [-0.1, -0.05) is 157 Å². The van der Waals surface area contributed by atoms with Crippen molar-refractivity contribution in [2.24, 2.45) is 9.98 Å². The molecule has 4 heteroatoms. The lowest BCUT2D eigenvalue weighted by molar-refractivity contribution is 0.674. The highest BCUT2D eigenvalue weighted by Gasteiger charge is 2.50. The van der Waals surface area contributed by atoms with Crippen molar-refractivity contribution in [1.29, 1.82) is 0 Å². The van der Waals surface area contributed by atoms with E-state index < -0.39 is 0 Å². The first kappa shape index (κ1) is 29.2. The van der Waals surface area contributed by atoms with Crippen LogP contribution in [0.25, 0.3) is 22.3 Å². The number of rotatable bonds is 4. The number of hydrogen-bond acceptors (Lipinski definition) is 4. The Hall–Kier alpha value is -5.71. The predicted molar refractivity (Wildman–Crippen MR) is 206 cm³/mol. The quantitative estimate of drug-likeness (QED) is 0.204. The summed E-state index contributed by atoms with van der Waals surface area (Å²) in [4.78, 5) is 12.7. The van der Waals surface area contributed by atoms with Gasteiger partial charge in [-0.25, -0.2) is 9.98 Å². The Kier molecular flexibility index (Phi) is 6.85. The van der Waals surface area contributed by atoms with Gasteiger partial charge in [0.05, 0.1) is 5.41 Å². The van der Waals surface area contributed by atoms with Crippen LogP contribution in [-0.2, 0) is 5.41 Å². The average Bonchev–Trinajstić information content (AvgIpc) is 3.48. The zero-order chi connectivity index (χ0) is 33.1. The Morgan fingerprint density at radius 1 is 0.580 bits per heavy atom. The molecule has 2 aliphatic heterocycles. The van der Waals surface area contributed by atoms with E-state index in [4.69, 9.17) is 9.98 Å². The molecule has 0 bridgehead atoms. The molecule has 238 valence electrons. The maximum Gasteiger partial charge on any atom is 0.159 e. The molecule has 6 aromatic rings. The van der Waals surface area contributed by atoms with E-state index in [-0.39, 0.29) is 11.6 Å². The van der Waals surface area contributed by atoms with Crippen LogP contribution in [0.1, 0.15) is 52.4 Å². The molecule has 1 unspecified atom stereocenters. The molecule has 0 amide bonds. The Balaban J connectivity index is 1.07. The molecular formula is C46H33N3S. The highest BCUT2D eigenvalue weighted by molar-refractivity contribution is 7.99. The van der Waals surface area contributed by atoms with Gasteiger partial charge in [-0.3, -0.25) is 0 Å². The molecule has 10 rings (SSSR count). The number of aliphatic imine (C=N–C) groups is 2. The Morgan fingerprint density at radius 2 is 1.24 bits per heavy atom. The van der Waals surface area contributed by atoms with Gasteiger partial charge in [0.2, 0.25) is 0 Å². The number of fused-ring (bicyclic) bond motifs is 9. The van der Waals surface area contributed by atoms with Gasteiger partial charge in [0.15, 0.2) is 5.84 Å². The SMILES string of the molecule is C1=CC(C2=NC(c3ccc(-c4ccc5c(c4)C4(c6ccccc6Sc6ccccc64)c4ccccc4-5)cc3)NC(c3ccccc3)=N2)=CCC1. The predicted octanol–water partition coefficient (Wildman–Crippen LogP) is 10.9. The lowest BCUT2D eigenvalue weighted by Gasteiger charge is -2.39. The van der Waals surface area contributed by atoms with Crippen LogP contribution < -0.4 is 5.32 Å². The Bertz CT molecular complexity index is 2390. The molecule has 2 heterocycles. The zero-order valence-corrected chi connectivity index (χ0v) is 28.2. The van der Waals surface area contributed by atoms with Gasteiger partial charge in [-0.2, -0.15) is 0 Å². The molecule has 0 aromatic heterocycles. The van der Waals surface area contributed by atoms with E-state index in [2.05, 4.69) is 163 Å². The number of amidine groups is 2. The Labute approximate surface area is 296 Å². The summed E-state index contributed by atoms with van der Waals surface area (Å²) in [5.41, 5.74) is 13.3. The van der Waals surface area contributed by atoms with Gasteiger partial charge in [0.25, 0.3) is 0 Å². The van der Waals surface area contributed by atoms with Crippen molar-refractivity contribution in [3.05, 3.63) is 203 Å². The average molecular weight is 660 g/mol. The second-order valence-electron chi connectivity index (χ2n) is 13.2. The third-order valence-electron chi connectivity index (χ3n) is 10.4. The summed E-state index contributed by atoms with van der Waals surface area (Å²) in [6.07, 6.45) is 8.44. The van der Waals surface area contributed by atoms with E-state index in [1.54, 1.807) is 0 Å². The summed E-state index contributed by atoms with van der Waals surface area (Å²) in [7, 11) is 0. The van der Waals surface area contributed by atoms with Crippen LogP contribution in [0.15, 0.2) is 189 Å². The zero-order valence-electron chi connectivity index (χ0n) is 27.4. The molecule has 2 aliphatic carbocycles. The first-order valence-corrected chi connectivity index (χ1v) is 18.2. The fourth-order valence-electron chi connectivity index (χ4n) is 8.16. The number of hydrogen-bond donors (Lipinski definition) is 1. The number of allylic oxidation sites excluding steroid dienone is 2. The molecule has 6 aromatic carbocycles. The molecule has 50 heavy (non-hydrogen) atoms. The van der Waals surface area contributed by atoms with Crippen molar-refractivity contribution in [1.82, 2.24) is 5.32 Å². The van der Waals surface area contributed by atoms with Gasteiger partial charge < -0.3 is 5.32 Å². The monoisotopic (exact) mass is 659 g/mol. The van der Waals surface area contributed by atoms with Crippen LogP contribution in [0.3, 0.4) is 0 Å². The smallest absolute Gasteiger partial charge is 0.159 e.